The summed E-state index contributed by atoms with van der Waals surface area (Å²) in [5, 5.41) is 12.7. The minimum absolute atomic E-state index is 0.0190. The summed E-state index contributed by atoms with van der Waals surface area (Å²) < 4.78 is 15.5. The summed E-state index contributed by atoms with van der Waals surface area (Å²) in [6.45, 7) is 11.4. The van der Waals surface area contributed by atoms with Crippen molar-refractivity contribution in [1.29, 1.82) is 5.26 Å². The highest BCUT2D eigenvalue weighted by Gasteiger charge is 2.37. The zero-order chi connectivity index (χ0) is 30.8. The highest BCUT2D eigenvalue weighted by Crippen LogP contribution is 2.50. The van der Waals surface area contributed by atoms with Crippen molar-refractivity contribution in [2.45, 2.75) is 58.3 Å². The molecular weight excluding hydrogens is 540 g/mol. The van der Waals surface area contributed by atoms with Gasteiger partial charge in [-0.2, -0.15) is 5.26 Å². The van der Waals surface area contributed by atoms with Gasteiger partial charge in [-0.3, -0.25) is 0 Å². The third-order valence-electron chi connectivity index (χ3n) is 9.64. The number of aryl methyl sites for hydroxylation is 2. The average molecular weight is 578 g/mol. The van der Waals surface area contributed by atoms with E-state index in [1.807, 2.05) is 42.5 Å². The van der Waals surface area contributed by atoms with Crippen LogP contribution in [0.25, 0.3) is 44.3 Å². The largest absolute Gasteiger partial charge is 0.456 e. The van der Waals surface area contributed by atoms with Crippen LogP contribution in [0.15, 0.2) is 95.5 Å². The van der Waals surface area contributed by atoms with E-state index in [1.165, 1.54) is 11.1 Å². The summed E-state index contributed by atoms with van der Waals surface area (Å²) in [7, 11) is 2.05. The fourth-order valence-corrected chi connectivity index (χ4v) is 6.98. The number of nitrogens with zero attached hydrogens (tertiary/aromatic N) is 2. The lowest BCUT2D eigenvalue weighted by Crippen LogP contribution is -2.33. The topological polar surface area (TPSA) is 50.0 Å². The van der Waals surface area contributed by atoms with Crippen molar-refractivity contribution in [2.24, 2.45) is 7.05 Å². The maximum absolute atomic E-state index is 10.7. The van der Waals surface area contributed by atoms with Crippen LogP contribution in [0.5, 0.6) is 11.5 Å². The van der Waals surface area contributed by atoms with Gasteiger partial charge in [0.2, 0.25) is 5.69 Å². The zero-order valence-corrected chi connectivity index (χ0v) is 26.3. The second-order valence-corrected chi connectivity index (χ2v) is 13.5. The Morgan fingerprint density at radius 2 is 1.48 bits per heavy atom. The van der Waals surface area contributed by atoms with Gasteiger partial charge in [0.25, 0.3) is 0 Å². The Hall–Kier alpha value is -4.88. The number of pyridine rings is 1. The third kappa shape index (κ3) is 4.38. The first-order chi connectivity index (χ1) is 21.1. The highest BCUT2D eigenvalue weighted by molar-refractivity contribution is 6.14. The van der Waals surface area contributed by atoms with Gasteiger partial charge in [-0.05, 0) is 77.1 Å². The molecule has 0 fully saturated rings. The predicted molar refractivity (Wildman–Crippen MR) is 177 cm³/mol. The lowest BCUT2D eigenvalue weighted by molar-refractivity contribution is -0.660. The van der Waals surface area contributed by atoms with Gasteiger partial charge in [0.15, 0.2) is 6.20 Å². The zero-order valence-electron chi connectivity index (χ0n) is 26.3. The van der Waals surface area contributed by atoms with Gasteiger partial charge in [0, 0.05) is 28.5 Å². The van der Waals surface area contributed by atoms with E-state index < -0.39 is 0 Å². The number of para-hydroxylation sites is 1. The molecule has 0 atom stereocenters. The van der Waals surface area contributed by atoms with Crippen LogP contribution in [-0.4, -0.2) is 0 Å². The summed E-state index contributed by atoms with van der Waals surface area (Å²) in [6.07, 6.45) is 4.30. The Morgan fingerprint density at radius 3 is 2.20 bits per heavy atom. The fraction of sp³-hybridized carbons (Fsp3) is 0.250. The molecule has 4 nitrogen and oxygen atoms in total. The number of ether oxygens (including phenoxy) is 1. The van der Waals surface area contributed by atoms with Gasteiger partial charge in [0.1, 0.15) is 41.3 Å². The molecule has 6 aromatic rings. The number of nitriles is 1. The molecule has 4 heteroatoms. The average Bonchev–Trinajstić information content (AvgIpc) is 3.37. The van der Waals surface area contributed by atoms with Crippen molar-refractivity contribution in [3.05, 3.63) is 113 Å². The maximum Gasteiger partial charge on any atom is 0.216 e. The Morgan fingerprint density at radius 1 is 0.773 bits per heavy atom. The van der Waals surface area contributed by atoms with Crippen LogP contribution in [-0.2, 0) is 17.9 Å². The Bertz CT molecular complexity index is 2130. The van der Waals surface area contributed by atoms with Crippen molar-refractivity contribution in [3.8, 4) is 40.0 Å². The summed E-state index contributed by atoms with van der Waals surface area (Å²) in [5.41, 5.74) is 9.78. The van der Waals surface area contributed by atoms with Gasteiger partial charge in [-0.1, -0.05) is 76.2 Å². The smallest absolute Gasteiger partial charge is 0.216 e. The van der Waals surface area contributed by atoms with E-state index in [1.54, 1.807) is 0 Å². The number of hydrogen-bond acceptors (Lipinski definition) is 3. The SMILES string of the molecule is Cc1ccc2c(oc3c(-c4ccc5c(c4)C(C)(C)CCC5(C)C)c(C#N)c(Oc4ccccc4)cc32)c1-c1cccc[n+]1C. The van der Waals surface area contributed by atoms with Gasteiger partial charge >= 0.3 is 0 Å². The molecule has 0 amide bonds. The molecule has 0 radical (unpaired) electrons. The molecule has 4 aromatic carbocycles. The summed E-state index contributed by atoms with van der Waals surface area (Å²) in [6, 6.07) is 31.4. The van der Waals surface area contributed by atoms with Crippen molar-refractivity contribution in [1.82, 2.24) is 0 Å². The Kier molecular flexibility index (Phi) is 6.41. The van der Waals surface area contributed by atoms with Crippen LogP contribution in [0.1, 0.15) is 62.8 Å². The molecular formula is C40H37N2O2+. The molecule has 0 unspecified atom stereocenters. The quantitative estimate of drug-likeness (QED) is 0.196. The second-order valence-electron chi connectivity index (χ2n) is 13.5. The van der Waals surface area contributed by atoms with Crippen molar-refractivity contribution in [2.75, 3.05) is 0 Å². The molecule has 0 bridgehead atoms. The second kappa shape index (κ2) is 10.1. The van der Waals surface area contributed by atoms with E-state index in [-0.39, 0.29) is 10.8 Å². The fourth-order valence-electron chi connectivity index (χ4n) is 6.98. The Labute approximate surface area is 259 Å². The molecule has 0 spiro atoms. The van der Waals surface area contributed by atoms with Gasteiger partial charge < -0.3 is 9.15 Å². The normalized spacial score (nSPS) is 15.2. The minimum Gasteiger partial charge on any atom is -0.456 e. The number of rotatable bonds is 4. The van der Waals surface area contributed by atoms with Crippen LogP contribution in [0, 0.1) is 18.3 Å². The summed E-state index contributed by atoms with van der Waals surface area (Å²) >= 11 is 0. The standard InChI is InChI=1S/C40H37N2O2/c1-25-15-17-28-29-23-34(43-27-12-8-7-9-13-27)30(24-41)36(38(29)44-37(28)35(25)33-14-10-11-21-42(33)6)26-16-18-31-32(22-26)40(4,5)20-19-39(31,2)3/h7-18,21-23H,19-20H2,1-6H3/q+1. The molecule has 2 heterocycles. The molecule has 1 aliphatic rings. The lowest BCUT2D eigenvalue weighted by Gasteiger charge is -2.42. The molecule has 218 valence electrons. The van der Waals surface area contributed by atoms with Crippen LogP contribution in [0.4, 0.5) is 0 Å². The predicted octanol–water partition coefficient (Wildman–Crippen LogP) is 10.1. The molecule has 2 aromatic heterocycles. The Balaban J connectivity index is 1.58. The molecule has 7 rings (SSSR count). The third-order valence-corrected chi connectivity index (χ3v) is 9.64. The van der Waals surface area contributed by atoms with Crippen LogP contribution in [0.3, 0.4) is 0 Å². The van der Waals surface area contributed by atoms with Gasteiger partial charge in [-0.25, -0.2) is 4.57 Å². The molecule has 44 heavy (non-hydrogen) atoms. The number of furan rings is 1. The van der Waals surface area contributed by atoms with Crippen LogP contribution < -0.4 is 9.30 Å². The number of fused-ring (bicyclic) bond motifs is 4. The number of aromatic nitrogens is 1. The van der Waals surface area contributed by atoms with E-state index >= 15 is 0 Å². The van der Waals surface area contributed by atoms with E-state index in [0.29, 0.717) is 22.6 Å². The minimum atomic E-state index is 0.0190. The molecule has 0 saturated heterocycles. The van der Waals surface area contributed by atoms with E-state index in [4.69, 9.17) is 9.15 Å². The first-order valence-electron chi connectivity index (χ1n) is 15.4. The molecule has 0 N–H and O–H groups in total. The molecule has 0 saturated carbocycles. The van der Waals surface area contributed by atoms with Crippen LogP contribution in [0.2, 0.25) is 0 Å². The van der Waals surface area contributed by atoms with Crippen LogP contribution >= 0.6 is 0 Å². The van der Waals surface area contributed by atoms with E-state index in [2.05, 4.69) is 101 Å². The first-order valence-corrected chi connectivity index (χ1v) is 15.4. The molecule has 0 aliphatic heterocycles. The van der Waals surface area contributed by atoms with Crippen molar-refractivity contribution >= 4 is 21.9 Å². The van der Waals surface area contributed by atoms with E-state index in [9.17, 15) is 5.26 Å². The maximum atomic E-state index is 10.7. The lowest BCUT2D eigenvalue weighted by atomic mass is 9.63. The molecule has 1 aliphatic carbocycles. The monoisotopic (exact) mass is 577 g/mol. The first kappa shape index (κ1) is 27.9. The van der Waals surface area contributed by atoms with Crippen molar-refractivity contribution < 1.29 is 13.7 Å². The number of hydrogen-bond donors (Lipinski definition) is 0. The van der Waals surface area contributed by atoms with Gasteiger partial charge in [0.05, 0.1) is 5.56 Å². The van der Waals surface area contributed by atoms with Crippen molar-refractivity contribution in [3.63, 3.8) is 0 Å². The summed E-state index contributed by atoms with van der Waals surface area (Å²) in [5.74, 6) is 1.21. The van der Waals surface area contributed by atoms with Gasteiger partial charge in [-0.15, -0.1) is 0 Å². The number of benzene rings is 4. The van der Waals surface area contributed by atoms with E-state index in [0.717, 1.165) is 57.1 Å². The highest BCUT2D eigenvalue weighted by atomic mass is 16.5. The summed E-state index contributed by atoms with van der Waals surface area (Å²) in [4.78, 5) is 0.